The SMILES string of the molecule is CC1(C)CC(Oc2nc(NNc3nc(OC4CC(C)(C)N(O)C(C)(C)C4)nc(OC4CC(C)(C)N(O)C(C)(C)C4)n3)nc(OC3CC(C)(C)N(O)C(C)(C)C3)n2)CC(C)(C)N1O. The van der Waals surface area contributed by atoms with Crippen molar-refractivity contribution in [1.82, 2.24) is 50.2 Å². The standard InChI is InChI=1S/C42H74N12O8/c1-35(2)17-25(18-36(3,4)51(35)55)59-31-43-29(44-32(47-31)60-26-19-37(5,6)52(56)38(7,8)20-26)49-50-30-45-33(61-27-21-39(9,10)53(57)40(11,12)22-27)48-34(46-30)62-28-23-41(13,14)54(58)42(15,16)24-28/h25-28,55-58H,17-24H2,1-16H3,(H,43,44,47,49)(H,45,46,48,50). The van der Waals surface area contributed by atoms with Crippen LogP contribution in [0.1, 0.15) is 162 Å². The molecule has 350 valence electrons. The number of anilines is 2. The zero-order valence-corrected chi connectivity index (χ0v) is 39.9. The Kier molecular flexibility index (Phi) is 12.5. The van der Waals surface area contributed by atoms with Gasteiger partial charge in [0.1, 0.15) is 24.4 Å². The minimum Gasteiger partial charge on any atom is -0.460 e. The normalized spacial score (nSPS) is 26.7. The van der Waals surface area contributed by atoms with Crippen LogP contribution in [-0.2, 0) is 0 Å². The number of rotatable bonds is 11. The molecule has 6 N–H and O–H groups in total. The highest BCUT2D eigenvalue weighted by Crippen LogP contribution is 2.42. The van der Waals surface area contributed by atoms with Crippen molar-refractivity contribution < 1.29 is 39.8 Å². The number of piperidine rings is 4. The van der Waals surface area contributed by atoms with Gasteiger partial charge in [-0.05, 0) is 111 Å². The topological polar surface area (TPSA) is 232 Å². The maximum Gasteiger partial charge on any atom is 0.324 e. The van der Waals surface area contributed by atoms with Crippen LogP contribution in [0, 0.1) is 0 Å². The number of nitrogens with zero attached hydrogens (tertiary/aromatic N) is 10. The summed E-state index contributed by atoms with van der Waals surface area (Å²) >= 11 is 0. The van der Waals surface area contributed by atoms with E-state index in [2.05, 4.69) is 40.8 Å². The number of nitrogens with one attached hydrogen (secondary N) is 2. The fraction of sp³-hybridized carbons (Fsp3) is 0.857. The first-order valence-electron chi connectivity index (χ1n) is 21.9. The molecule has 0 amide bonds. The highest BCUT2D eigenvalue weighted by Gasteiger charge is 2.50. The Labute approximate surface area is 366 Å². The molecule has 6 heterocycles. The van der Waals surface area contributed by atoms with Crippen LogP contribution < -0.4 is 29.8 Å². The lowest BCUT2D eigenvalue weighted by Crippen LogP contribution is -2.61. The van der Waals surface area contributed by atoms with Gasteiger partial charge in [-0.1, -0.05) is 0 Å². The summed E-state index contributed by atoms with van der Waals surface area (Å²) in [4.78, 5) is 27.7. The van der Waals surface area contributed by atoms with E-state index in [9.17, 15) is 20.8 Å². The molecular weight excluding hydrogens is 801 g/mol. The smallest absolute Gasteiger partial charge is 0.324 e. The van der Waals surface area contributed by atoms with E-state index in [1.165, 1.54) is 20.3 Å². The van der Waals surface area contributed by atoms with Crippen molar-refractivity contribution in [2.45, 2.75) is 231 Å². The number of hydroxylamine groups is 8. The fourth-order valence-corrected chi connectivity index (χ4v) is 10.8. The van der Waals surface area contributed by atoms with E-state index in [-0.39, 0.29) is 60.4 Å². The Balaban J connectivity index is 1.31. The van der Waals surface area contributed by atoms with Crippen LogP contribution in [0.3, 0.4) is 0 Å². The summed E-state index contributed by atoms with van der Waals surface area (Å²) in [5.74, 6) is 0.0911. The predicted octanol–water partition coefficient (Wildman–Crippen LogP) is 6.65. The Morgan fingerprint density at radius 2 is 0.500 bits per heavy atom. The van der Waals surface area contributed by atoms with Gasteiger partial charge in [0.15, 0.2) is 0 Å². The summed E-state index contributed by atoms with van der Waals surface area (Å²) in [6.07, 6.45) is 2.61. The van der Waals surface area contributed by atoms with Crippen molar-refractivity contribution in [3.05, 3.63) is 0 Å². The fourth-order valence-electron chi connectivity index (χ4n) is 10.8. The van der Waals surface area contributed by atoms with Gasteiger partial charge in [-0.2, -0.15) is 40.2 Å². The van der Waals surface area contributed by atoms with Gasteiger partial charge in [0.05, 0.1) is 0 Å². The van der Waals surface area contributed by atoms with E-state index < -0.39 is 44.3 Å². The molecule has 20 heteroatoms. The van der Waals surface area contributed by atoms with Crippen molar-refractivity contribution in [3.63, 3.8) is 0 Å². The van der Waals surface area contributed by atoms with Gasteiger partial charge in [0, 0.05) is 95.7 Å². The van der Waals surface area contributed by atoms with Gasteiger partial charge in [0.25, 0.3) is 11.9 Å². The van der Waals surface area contributed by atoms with Gasteiger partial charge < -0.3 is 39.8 Å². The van der Waals surface area contributed by atoms with E-state index >= 15 is 0 Å². The minimum absolute atomic E-state index is 0.0185. The molecule has 2 aromatic heterocycles. The van der Waals surface area contributed by atoms with Crippen molar-refractivity contribution in [1.29, 1.82) is 0 Å². The first-order valence-corrected chi connectivity index (χ1v) is 21.9. The molecule has 0 unspecified atom stereocenters. The molecule has 0 saturated carbocycles. The van der Waals surface area contributed by atoms with E-state index in [1.54, 1.807) is 0 Å². The molecule has 0 atom stereocenters. The van der Waals surface area contributed by atoms with Crippen LogP contribution in [0.2, 0.25) is 0 Å². The Morgan fingerprint density at radius 3 is 0.661 bits per heavy atom. The van der Waals surface area contributed by atoms with Crippen LogP contribution >= 0.6 is 0 Å². The molecule has 0 bridgehead atoms. The molecule has 0 aliphatic carbocycles. The largest absolute Gasteiger partial charge is 0.460 e. The summed E-state index contributed by atoms with van der Waals surface area (Å²) < 4.78 is 25.9. The monoisotopic (exact) mass is 875 g/mol. The molecule has 4 aliphatic heterocycles. The molecule has 0 radical (unpaired) electrons. The summed E-state index contributed by atoms with van der Waals surface area (Å²) in [5.41, 5.74) is 1.32. The zero-order chi connectivity index (χ0) is 46.2. The van der Waals surface area contributed by atoms with E-state index in [0.29, 0.717) is 51.4 Å². The minimum atomic E-state index is -0.587. The third-order valence-corrected chi connectivity index (χ3v) is 13.0. The van der Waals surface area contributed by atoms with Crippen molar-refractivity contribution in [2.75, 3.05) is 10.9 Å². The van der Waals surface area contributed by atoms with E-state index in [1.807, 2.05) is 111 Å². The third kappa shape index (κ3) is 10.4. The van der Waals surface area contributed by atoms with Crippen LogP contribution in [0.15, 0.2) is 0 Å². The lowest BCUT2D eigenvalue weighted by atomic mass is 9.80. The Hall–Kier alpha value is -3.50. The predicted molar refractivity (Wildman–Crippen MR) is 229 cm³/mol. The highest BCUT2D eigenvalue weighted by atomic mass is 16.5. The zero-order valence-electron chi connectivity index (χ0n) is 39.9. The van der Waals surface area contributed by atoms with Crippen molar-refractivity contribution >= 4 is 11.9 Å². The first-order chi connectivity index (χ1) is 28.2. The third-order valence-electron chi connectivity index (χ3n) is 13.0. The molecule has 0 aromatic carbocycles. The average molecular weight is 875 g/mol. The van der Waals surface area contributed by atoms with Gasteiger partial charge in [-0.3, -0.25) is 10.9 Å². The molecule has 4 saturated heterocycles. The molecule has 4 aliphatic rings. The number of hydrogen-bond donors (Lipinski definition) is 6. The van der Waals surface area contributed by atoms with Gasteiger partial charge >= 0.3 is 24.0 Å². The second kappa shape index (κ2) is 16.2. The number of hydrazine groups is 1. The summed E-state index contributed by atoms with van der Waals surface area (Å²) in [6.45, 7) is 31.3. The van der Waals surface area contributed by atoms with Crippen LogP contribution in [0.25, 0.3) is 0 Å². The average Bonchev–Trinajstić information content (AvgIpc) is 3.09. The van der Waals surface area contributed by atoms with Crippen LogP contribution in [0.4, 0.5) is 11.9 Å². The van der Waals surface area contributed by atoms with Crippen molar-refractivity contribution in [2.24, 2.45) is 0 Å². The molecular formula is C42H74N12O8. The Bertz CT molecular complexity index is 1600. The van der Waals surface area contributed by atoms with E-state index in [4.69, 9.17) is 18.9 Å². The van der Waals surface area contributed by atoms with Gasteiger partial charge in [-0.15, -0.1) is 9.97 Å². The second-order valence-corrected chi connectivity index (χ2v) is 23.0. The van der Waals surface area contributed by atoms with Crippen LogP contribution in [0.5, 0.6) is 24.0 Å². The number of ether oxygens (including phenoxy) is 4. The van der Waals surface area contributed by atoms with Gasteiger partial charge in [-0.25, -0.2) is 0 Å². The molecule has 20 nitrogen and oxygen atoms in total. The van der Waals surface area contributed by atoms with Gasteiger partial charge in [0.2, 0.25) is 0 Å². The summed E-state index contributed by atoms with van der Waals surface area (Å²) in [5, 5.41) is 49.4. The lowest BCUT2D eigenvalue weighted by Gasteiger charge is -2.51. The maximum absolute atomic E-state index is 11.0. The summed E-state index contributed by atoms with van der Waals surface area (Å²) in [7, 11) is 0. The molecule has 62 heavy (non-hydrogen) atoms. The highest BCUT2D eigenvalue weighted by molar-refractivity contribution is 5.38. The summed E-state index contributed by atoms with van der Waals surface area (Å²) in [6, 6.07) is 0.0741. The quantitative estimate of drug-likeness (QED) is 0.130. The first kappa shape index (κ1) is 48.0. The number of aromatic nitrogens is 6. The second-order valence-electron chi connectivity index (χ2n) is 23.0. The molecule has 6 rings (SSSR count). The van der Waals surface area contributed by atoms with Crippen LogP contribution in [-0.4, -0.2) is 140 Å². The number of hydrogen-bond acceptors (Lipinski definition) is 20. The molecule has 0 spiro atoms. The molecule has 4 fully saturated rings. The maximum atomic E-state index is 11.0. The van der Waals surface area contributed by atoms with E-state index in [0.717, 1.165) is 0 Å². The lowest BCUT2D eigenvalue weighted by molar-refractivity contribution is -0.255. The Morgan fingerprint density at radius 1 is 0.339 bits per heavy atom. The van der Waals surface area contributed by atoms with Crippen molar-refractivity contribution in [3.8, 4) is 24.0 Å². The molecule has 2 aromatic rings.